The number of fused-ring (bicyclic) bond motifs is 1. The number of thiazole rings is 1. The predicted octanol–water partition coefficient (Wildman–Crippen LogP) is 4.04. The van der Waals surface area contributed by atoms with Crippen LogP contribution in [0.3, 0.4) is 0 Å². The molecule has 1 aromatic heterocycles. The summed E-state index contributed by atoms with van der Waals surface area (Å²) < 4.78 is 13.9. The summed E-state index contributed by atoms with van der Waals surface area (Å²) in [5.41, 5.74) is 2.59. The zero-order valence-corrected chi connectivity index (χ0v) is 12.2. The second-order valence-electron chi connectivity index (χ2n) is 4.77. The number of nitrogens with zero attached hydrogens (tertiary/aromatic N) is 1. The lowest BCUT2D eigenvalue weighted by Crippen LogP contribution is -2.13. The van der Waals surface area contributed by atoms with E-state index in [1.165, 1.54) is 41.2 Å². The molecule has 0 spiro atoms. The molecule has 0 fully saturated rings. The molecule has 3 rings (SSSR count). The quantitative estimate of drug-likeness (QED) is 0.739. The summed E-state index contributed by atoms with van der Waals surface area (Å²) in [6.45, 7) is 2.18. The van der Waals surface area contributed by atoms with Crippen molar-refractivity contribution < 1.29 is 9.18 Å². The van der Waals surface area contributed by atoms with Crippen molar-refractivity contribution >= 4 is 32.5 Å². The number of aryl methyl sites for hydroxylation is 1. The van der Waals surface area contributed by atoms with Crippen LogP contribution in [-0.2, 0) is 0 Å². The zero-order valence-electron chi connectivity index (χ0n) is 11.4. The van der Waals surface area contributed by atoms with E-state index in [2.05, 4.69) is 16.4 Å². The second-order valence-corrected chi connectivity index (χ2v) is 5.80. The van der Waals surface area contributed by atoms with Gasteiger partial charge < -0.3 is 5.32 Å². The maximum Gasteiger partial charge on any atom is 0.184 e. The Morgan fingerprint density at radius 1 is 1.24 bits per heavy atom. The van der Waals surface area contributed by atoms with Gasteiger partial charge in [-0.05, 0) is 48.9 Å². The van der Waals surface area contributed by atoms with Gasteiger partial charge in [0.1, 0.15) is 5.82 Å². The van der Waals surface area contributed by atoms with Gasteiger partial charge in [-0.1, -0.05) is 17.4 Å². The van der Waals surface area contributed by atoms with Gasteiger partial charge in [0, 0.05) is 5.56 Å². The molecule has 0 radical (unpaired) electrons. The molecule has 1 heterocycles. The van der Waals surface area contributed by atoms with Crippen LogP contribution in [0, 0.1) is 12.7 Å². The van der Waals surface area contributed by atoms with Crippen LogP contribution in [0.5, 0.6) is 0 Å². The number of hydrogen-bond acceptors (Lipinski definition) is 4. The van der Waals surface area contributed by atoms with Crippen LogP contribution in [0.1, 0.15) is 15.9 Å². The summed E-state index contributed by atoms with van der Waals surface area (Å²) in [5.74, 6) is -0.438. The van der Waals surface area contributed by atoms with Crippen LogP contribution in [0.2, 0.25) is 0 Å². The highest BCUT2D eigenvalue weighted by molar-refractivity contribution is 7.22. The van der Waals surface area contributed by atoms with Crippen molar-refractivity contribution in [2.24, 2.45) is 0 Å². The SMILES string of the molecule is Cc1ccc2nc(NCC(=O)c3ccc(F)cc3)sc2c1. The molecular formula is C16H13FN2OS. The first-order valence-electron chi connectivity index (χ1n) is 6.52. The molecule has 0 atom stereocenters. The minimum Gasteiger partial charge on any atom is -0.354 e. The van der Waals surface area contributed by atoms with E-state index in [1.807, 2.05) is 19.1 Å². The summed E-state index contributed by atoms with van der Waals surface area (Å²) in [7, 11) is 0. The number of halogens is 1. The fourth-order valence-electron chi connectivity index (χ4n) is 2.00. The molecule has 0 aliphatic rings. The number of Topliss-reactive ketones (excluding diaryl/α,β-unsaturated/α-hetero) is 1. The lowest BCUT2D eigenvalue weighted by Gasteiger charge is -2.02. The third-order valence-corrected chi connectivity index (χ3v) is 4.09. The van der Waals surface area contributed by atoms with Crippen molar-refractivity contribution in [3.05, 3.63) is 59.4 Å². The molecule has 3 nitrogen and oxygen atoms in total. The van der Waals surface area contributed by atoms with Gasteiger partial charge in [0.15, 0.2) is 10.9 Å². The van der Waals surface area contributed by atoms with Crippen molar-refractivity contribution in [3.63, 3.8) is 0 Å². The van der Waals surface area contributed by atoms with E-state index in [0.717, 1.165) is 10.2 Å². The van der Waals surface area contributed by atoms with Gasteiger partial charge in [0.05, 0.1) is 16.8 Å². The molecule has 0 aliphatic carbocycles. The number of benzene rings is 2. The number of nitrogens with one attached hydrogen (secondary N) is 1. The van der Waals surface area contributed by atoms with Crippen LogP contribution in [0.25, 0.3) is 10.2 Å². The van der Waals surface area contributed by atoms with Gasteiger partial charge in [-0.25, -0.2) is 9.37 Å². The summed E-state index contributed by atoms with van der Waals surface area (Å²) in [6, 6.07) is 11.6. The number of aromatic nitrogens is 1. The molecule has 0 unspecified atom stereocenters. The smallest absolute Gasteiger partial charge is 0.184 e. The first-order chi connectivity index (χ1) is 10.1. The number of rotatable bonds is 4. The van der Waals surface area contributed by atoms with Crippen molar-refractivity contribution in [1.82, 2.24) is 4.98 Å². The molecular weight excluding hydrogens is 287 g/mol. The zero-order chi connectivity index (χ0) is 14.8. The fraction of sp³-hybridized carbons (Fsp3) is 0.125. The minimum absolute atomic E-state index is 0.0922. The molecule has 3 aromatic rings. The van der Waals surface area contributed by atoms with E-state index in [9.17, 15) is 9.18 Å². The van der Waals surface area contributed by atoms with E-state index in [1.54, 1.807) is 0 Å². The number of carbonyl (C=O) groups is 1. The summed E-state index contributed by atoms with van der Waals surface area (Å²) in [4.78, 5) is 16.4. The van der Waals surface area contributed by atoms with E-state index >= 15 is 0 Å². The molecule has 0 saturated heterocycles. The van der Waals surface area contributed by atoms with Crippen LogP contribution >= 0.6 is 11.3 Å². The second kappa shape index (κ2) is 5.61. The standard InChI is InChI=1S/C16H13FN2OS/c1-10-2-7-13-15(8-10)21-16(19-13)18-9-14(20)11-3-5-12(17)6-4-11/h2-8H,9H2,1H3,(H,18,19). The number of carbonyl (C=O) groups excluding carboxylic acids is 1. The number of anilines is 1. The third-order valence-electron chi connectivity index (χ3n) is 3.11. The monoisotopic (exact) mass is 300 g/mol. The average Bonchev–Trinajstić information content (AvgIpc) is 2.87. The number of hydrogen-bond donors (Lipinski definition) is 1. The molecule has 2 aromatic carbocycles. The average molecular weight is 300 g/mol. The maximum absolute atomic E-state index is 12.8. The van der Waals surface area contributed by atoms with Crippen LogP contribution in [0.4, 0.5) is 9.52 Å². The lowest BCUT2D eigenvalue weighted by atomic mass is 10.1. The van der Waals surface area contributed by atoms with E-state index in [0.29, 0.717) is 10.7 Å². The molecule has 1 N–H and O–H groups in total. The molecule has 21 heavy (non-hydrogen) atoms. The summed E-state index contributed by atoms with van der Waals surface area (Å²) in [6.07, 6.45) is 0. The predicted molar refractivity (Wildman–Crippen MR) is 83.6 cm³/mol. The first-order valence-corrected chi connectivity index (χ1v) is 7.33. The van der Waals surface area contributed by atoms with Crippen LogP contribution in [-0.4, -0.2) is 17.3 Å². The van der Waals surface area contributed by atoms with Crippen LogP contribution < -0.4 is 5.32 Å². The van der Waals surface area contributed by atoms with Gasteiger partial charge in [0.25, 0.3) is 0 Å². The van der Waals surface area contributed by atoms with E-state index in [4.69, 9.17) is 0 Å². The highest BCUT2D eigenvalue weighted by atomic mass is 32.1. The maximum atomic E-state index is 12.8. The Morgan fingerprint density at radius 2 is 2.00 bits per heavy atom. The van der Waals surface area contributed by atoms with Gasteiger partial charge >= 0.3 is 0 Å². The molecule has 0 bridgehead atoms. The van der Waals surface area contributed by atoms with Gasteiger partial charge in [-0.3, -0.25) is 4.79 Å². The lowest BCUT2D eigenvalue weighted by molar-refractivity contribution is 0.101. The molecule has 106 valence electrons. The molecule has 0 amide bonds. The van der Waals surface area contributed by atoms with Crippen molar-refractivity contribution in [3.8, 4) is 0 Å². The topological polar surface area (TPSA) is 42.0 Å². The Bertz CT molecular complexity index is 796. The first kappa shape index (κ1) is 13.7. The fourth-order valence-corrected chi connectivity index (χ4v) is 2.96. The van der Waals surface area contributed by atoms with Gasteiger partial charge in [0.2, 0.25) is 0 Å². The molecule has 0 aliphatic heterocycles. The van der Waals surface area contributed by atoms with Gasteiger partial charge in [-0.15, -0.1) is 0 Å². The highest BCUT2D eigenvalue weighted by Crippen LogP contribution is 2.26. The van der Waals surface area contributed by atoms with Crippen molar-refractivity contribution in [2.45, 2.75) is 6.92 Å². The van der Waals surface area contributed by atoms with E-state index in [-0.39, 0.29) is 18.1 Å². The summed E-state index contributed by atoms with van der Waals surface area (Å²) >= 11 is 1.52. The third kappa shape index (κ3) is 3.08. The minimum atomic E-state index is -0.346. The van der Waals surface area contributed by atoms with Crippen LogP contribution in [0.15, 0.2) is 42.5 Å². The Hall–Kier alpha value is -2.27. The Labute approximate surface area is 125 Å². The molecule has 5 heteroatoms. The van der Waals surface area contributed by atoms with E-state index < -0.39 is 0 Å². The van der Waals surface area contributed by atoms with Crippen molar-refractivity contribution in [2.75, 3.05) is 11.9 Å². The largest absolute Gasteiger partial charge is 0.354 e. The summed E-state index contributed by atoms with van der Waals surface area (Å²) in [5, 5.41) is 3.74. The normalized spacial score (nSPS) is 10.8. The highest BCUT2D eigenvalue weighted by Gasteiger charge is 2.08. The van der Waals surface area contributed by atoms with Gasteiger partial charge in [-0.2, -0.15) is 0 Å². The molecule has 0 saturated carbocycles. The Kier molecular flexibility index (Phi) is 3.66. The Balaban J connectivity index is 1.71. The Morgan fingerprint density at radius 3 is 2.76 bits per heavy atom. The van der Waals surface area contributed by atoms with Crippen molar-refractivity contribution in [1.29, 1.82) is 0 Å². The number of ketones is 1.